The second-order valence-corrected chi connectivity index (χ2v) is 9.91. The number of urea groups is 1. The molecule has 198 valence electrons. The second-order valence-electron chi connectivity index (χ2n) is 9.91. The number of carbonyl (C=O) groups is 3. The van der Waals surface area contributed by atoms with Gasteiger partial charge in [-0.1, -0.05) is 18.2 Å². The Morgan fingerprint density at radius 2 is 1.75 bits per heavy atom. The van der Waals surface area contributed by atoms with E-state index in [0.717, 1.165) is 30.6 Å². The van der Waals surface area contributed by atoms with Crippen LogP contribution >= 0.6 is 12.4 Å². The first-order chi connectivity index (χ1) is 17.0. The van der Waals surface area contributed by atoms with Gasteiger partial charge in [-0.05, 0) is 38.2 Å². The highest BCUT2D eigenvalue weighted by molar-refractivity contribution is 5.91. The quantitative estimate of drug-likeness (QED) is 0.551. The summed E-state index contributed by atoms with van der Waals surface area (Å²) in [7, 11) is 0. The molecule has 1 aromatic rings. The van der Waals surface area contributed by atoms with Gasteiger partial charge < -0.3 is 35.6 Å². The van der Waals surface area contributed by atoms with E-state index in [4.69, 9.17) is 15.2 Å². The maximum atomic E-state index is 13.4. The predicted octanol–water partition coefficient (Wildman–Crippen LogP) is 1.33. The molecule has 0 saturated carbocycles. The van der Waals surface area contributed by atoms with Crippen molar-refractivity contribution in [2.24, 2.45) is 5.73 Å². The highest BCUT2D eigenvalue weighted by Gasteiger charge is 2.44. The summed E-state index contributed by atoms with van der Waals surface area (Å²) in [5.74, 6) is 0.380. The van der Waals surface area contributed by atoms with Gasteiger partial charge in [0.05, 0.1) is 12.6 Å². The molecule has 0 unspecified atom stereocenters. The van der Waals surface area contributed by atoms with Crippen molar-refractivity contribution >= 4 is 30.3 Å². The van der Waals surface area contributed by atoms with Gasteiger partial charge in [-0.15, -0.1) is 12.4 Å². The largest absolute Gasteiger partial charge is 0.493 e. The van der Waals surface area contributed by atoms with Crippen LogP contribution in [0.15, 0.2) is 24.3 Å². The Hall–Kier alpha value is -2.56. The average Bonchev–Trinajstić information content (AvgIpc) is 3.29. The van der Waals surface area contributed by atoms with Crippen LogP contribution in [0, 0.1) is 0 Å². The molecule has 4 atom stereocenters. The lowest BCUT2D eigenvalue weighted by atomic mass is 10.00. The van der Waals surface area contributed by atoms with E-state index in [1.165, 1.54) is 0 Å². The summed E-state index contributed by atoms with van der Waals surface area (Å²) in [6.07, 6.45) is 4.20. The standard InChI is InChI=1S/C25H35N5O5.ClH/c26-19-15-29(25(33)27-16-8-12-34-13-9-16)11-7-17-5-6-21(30(17)24(19)32)23(31)28-20-10-14-35-22-4-2-1-3-18(20)22;/h1-4,16-17,19-21H,5-15,26H2,(H,27,33)(H,28,31);1H/t17-,19+,20-,21+;/m1./s1. The van der Waals surface area contributed by atoms with Gasteiger partial charge in [-0.25, -0.2) is 4.79 Å². The minimum absolute atomic E-state index is 0. The zero-order chi connectivity index (χ0) is 24.4. The molecular weight excluding hydrogens is 486 g/mol. The Kier molecular flexibility index (Phi) is 8.58. The van der Waals surface area contributed by atoms with Crippen molar-refractivity contribution in [3.63, 3.8) is 0 Å². The molecule has 0 radical (unpaired) electrons. The van der Waals surface area contributed by atoms with Crippen LogP contribution in [-0.4, -0.2) is 84.7 Å². The van der Waals surface area contributed by atoms with Crippen LogP contribution in [0.25, 0.3) is 0 Å². The van der Waals surface area contributed by atoms with Crippen LogP contribution < -0.4 is 21.1 Å². The van der Waals surface area contributed by atoms with Crippen molar-refractivity contribution in [3.8, 4) is 5.75 Å². The van der Waals surface area contributed by atoms with Gasteiger partial charge in [0, 0.05) is 50.4 Å². The van der Waals surface area contributed by atoms with Crippen LogP contribution in [0.1, 0.15) is 50.1 Å². The molecule has 4 aliphatic heterocycles. The van der Waals surface area contributed by atoms with E-state index in [-0.39, 0.29) is 54.9 Å². The van der Waals surface area contributed by atoms with Gasteiger partial charge in [0.15, 0.2) is 0 Å². The van der Waals surface area contributed by atoms with Gasteiger partial charge >= 0.3 is 6.03 Å². The van der Waals surface area contributed by atoms with E-state index >= 15 is 0 Å². The molecule has 4 aliphatic rings. The number of nitrogens with one attached hydrogen (secondary N) is 2. The predicted molar refractivity (Wildman–Crippen MR) is 135 cm³/mol. The first-order valence-corrected chi connectivity index (χ1v) is 12.7. The van der Waals surface area contributed by atoms with Crippen molar-refractivity contribution in [2.75, 3.05) is 32.9 Å². The molecule has 1 aromatic carbocycles. The van der Waals surface area contributed by atoms with E-state index in [9.17, 15) is 14.4 Å². The molecular formula is C25H36ClN5O5. The maximum absolute atomic E-state index is 13.4. The molecule has 0 spiro atoms. The summed E-state index contributed by atoms with van der Waals surface area (Å²) >= 11 is 0. The normalized spacial score (nSPS) is 28.5. The summed E-state index contributed by atoms with van der Waals surface area (Å²) in [4.78, 5) is 43.0. The number of ether oxygens (including phenoxy) is 2. The third-order valence-electron chi connectivity index (χ3n) is 7.64. The first-order valence-electron chi connectivity index (χ1n) is 12.7. The molecule has 5 rings (SSSR count). The van der Waals surface area contributed by atoms with E-state index < -0.39 is 12.1 Å². The number of carbonyl (C=O) groups excluding carboxylic acids is 3. The number of nitrogens with zero attached hydrogens (tertiary/aromatic N) is 2. The topological polar surface area (TPSA) is 126 Å². The fraction of sp³-hybridized carbons (Fsp3) is 0.640. The van der Waals surface area contributed by atoms with E-state index in [2.05, 4.69) is 10.6 Å². The second kappa shape index (κ2) is 11.7. The van der Waals surface area contributed by atoms with Crippen LogP contribution in [0.3, 0.4) is 0 Å². The number of fused-ring (bicyclic) bond motifs is 2. The first kappa shape index (κ1) is 26.5. The summed E-state index contributed by atoms with van der Waals surface area (Å²) in [6.45, 7) is 2.46. The number of hydrogen-bond acceptors (Lipinski definition) is 6. The Morgan fingerprint density at radius 3 is 2.56 bits per heavy atom. The molecule has 4 amide bonds. The van der Waals surface area contributed by atoms with Crippen molar-refractivity contribution < 1.29 is 23.9 Å². The van der Waals surface area contributed by atoms with Crippen LogP contribution in [0.4, 0.5) is 4.79 Å². The number of rotatable bonds is 3. The lowest BCUT2D eigenvalue weighted by Crippen LogP contribution is -2.60. The lowest BCUT2D eigenvalue weighted by molar-refractivity contribution is -0.142. The van der Waals surface area contributed by atoms with Crippen LogP contribution in [0.2, 0.25) is 0 Å². The van der Waals surface area contributed by atoms with Crippen molar-refractivity contribution in [1.82, 2.24) is 20.4 Å². The zero-order valence-corrected chi connectivity index (χ0v) is 21.2. The number of amides is 4. The fourth-order valence-corrected chi connectivity index (χ4v) is 5.71. The third-order valence-corrected chi connectivity index (χ3v) is 7.64. The molecule has 11 heteroatoms. The smallest absolute Gasteiger partial charge is 0.317 e. The molecule has 10 nitrogen and oxygen atoms in total. The Balaban J connectivity index is 0.00000304. The van der Waals surface area contributed by atoms with Gasteiger partial charge in [0.25, 0.3) is 0 Å². The van der Waals surface area contributed by atoms with Crippen LogP contribution in [-0.2, 0) is 14.3 Å². The maximum Gasteiger partial charge on any atom is 0.317 e. The molecule has 0 aliphatic carbocycles. The number of benzene rings is 1. The number of hydrogen-bond donors (Lipinski definition) is 3. The SMILES string of the molecule is Cl.N[C@H]1CN(C(=O)NC2CCOCC2)CC[C@H]2CC[C@@H](C(=O)N[C@@H]3CCOc4ccccc43)N2C1=O. The fourth-order valence-electron chi connectivity index (χ4n) is 5.71. The Morgan fingerprint density at radius 1 is 0.972 bits per heavy atom. The highest BCUT2D eigenvalue weighted by Crippen LogP contribution is 2.33. The summed E-state index contributed by atoms with van der Waals surface area (Å²) in [5, 5.41) is 6.22. The van der Waals surface area contributed by atoms with Crippen molar-refractivity contribution in [2.45, 2.75) is 68.7 Å². The molecule has 4 heterocycles. The molecule has 3 saturated heterocycles. The lowest BCUT2D eigenvalue weighted by Gasteiger charge is -2.38. The van der Waals surface area contributed by atoms with Crippen molar-refractivity contribution in [1.29, 1.82) is 0 Å². The number of nitrogens with two attached hydrogens (primary N) is 1. The van der Waals surface area contributed by atoms with Gasteiger partial charge in [0.2, 0.25) is 11.8 Å². The van der Waals surface area contributed by atoms with E-state index in [0.29, 0.717) is 45.6 Å². The molecule has 0 aromatic heterocycles. The van der Waals surface area contributed by atoms with Crippen LogP contribution in [0.5, 0.6) is 5.75 Å². The summed E-state index contributed by atoms with van der Waals surface area (Å²) in [6, 6.07) is 5.96. The van der Waals surface area contributed by atoms with E-state index in [1.54, 1.807) is 9.80 Å². The Bertz CT molecular complexity index is 959. The minimum Gasteiger partial charge on any atom is -0.493 e. The van der Waals surface area contributed by atoms with Crippen molar-refractivity contribution in [3.05, 3.63) is 29.8 Å². The molecule has 3 fully saturated rings. The number of para-hydroxylation sites is 1. The van der Waals surface area contributed by atoms with Gasteiger partial charge in [-0.2, -0.15) is 0 Å². The highest BCUT2D eigenvalue weighted by atomic mass is 35.5. The Labute approximate surface area is 217 Å². The minimum atomic E-state index is -0.865. The zero-order valence-electron chi connectivity index (χ0n) is 20.4. The molecule has 36 heavy (non-hydrogen) atoms. The van der Waals surface area contributed by atoms with Gasteiger partial charge in [-0.3, -0.25) is 9.59 Å². The monoisotopic (exact) mass is 521 g/mol. The average molecular weight is 522 g/mol. The third kappa shape index (κ3) is 5.55. The number of halogens is 1. The summed E-state index contributed by atoms with van der Waals surface area (Å²) in [5.41, 5.74) is 7.26. The molecule has 0 bridgehead atoms. The van der Waals surface area contributed by atoms with Gasteiger partial charge in [0.1, 0.15) is 17.8 Å². The van der Waals surface area contributed by atoms with E-state index in [1.807, 2.05) is 24.3 Å². The molecule has 4 N–H and O–H groups in total. The summed E-state index contributed by atoms with van der Waals surface area (Å²) < 4.78 is 11.1.